The minimum Gasteiger partial charge on any atom is -0.371 e. The minimum atomic E-state index is -0.327. The molecule has 1 aliphatic heterocycles. The van der Waals surface area contributed by atoms with Crippen LogP contribution in [0.2, 0.25) is 0 Å². The molecule has 1 saturated heterocycles. The number of hydrogen-bond donors (Lipinski definition) is 0. The van der Waals surface area contributed by atoms with E-state index in [0.29, 0.717) is 24.8 Å². The molecule has 0 unspecified atom stereocenters. The summed E-state index contributed by atoms with van der Waals surface area (Å²) in [5.41, 5.74) is 1.70. The molecule has 0 amide bonds. The predicted molar refractivity (Wildman–Crippen MR) is 84.2 cm³/mol. The van der Waals surface area contributed by atoms with Crippen molar-refractivity contribution in [3.05, 3.63) is 28.2 Å². The van der Waals surface area contributed by atoms with Gasteiger partial charge in [-0.1, -0.05) is 15.9 Å². The van der Waals surface area contributed by atoms with Crippen molar-refractivity contribution in [3.63, 3.8) is 0 Å². The van der Waals surface area contributed by atoms with Crippen LogP contribution in [-0.4, -0.2) is 32.1 Å². The molecule has 0 radical (unpaired) electrons. The van der Waals surface area contributed by atoms with Gasteiger partial charge in [-0.05, 0) is 31.0 Å². The summed E-state index contributed by atoms with van der Waals surface area (Å²) in [6, 6.07) is 8.49. The largest absolute Gasteiger partial charge is 0.371 e. The fraction of sp³-hybridized carbons (Fsp3) is 0.562. The van der Waals surface area contributed by atoms with Gasteiger partial charge in [0.15, 0.2) is 5.79 Å². The highest BCUT2D eigenvalue weighted by atomic mass is 79.9. The quantitative estimate of drug-likeness (QED) is 0.819. The van der Waals surface area contributed by atoms with Crippen LogP contribution in [0.3, 0.4) is 0 Å². The first-order chi connectivity index (χ1) is 10.1. The second-order valence-corrected chi connectivity index (χ2v) is 6.64. The van der Waals surface area contributed by atoms with Gasteiger partial charge in [0.1, 0.15) is 6.07 Å². The molecule has 1 aromatic carbocycles. The molecule has 2 aliphatic rings. The van der Waals surface area contributed by atoms with E-state index in [1.54, 1.807) is 0 Å². The number of anilines is 1. The van der Waals surface area contributed by atoms with E-state index in [1.165, 1.54) is 0 Å². The van der Waals surface area contributed by atoms with Crippen LogP contribution in [0, 0.1) is 11.3 Å². The van der Waals surface area contributed by atoms with Gasteiger partial charge >= 0.3 is 0 Å². The average molecular weight is 351 g/mol. The zero-order valence-electron chi connectivity index (χ0n) is 12.1. The molecule has 1 heterocycles. The first-order valence-electron chi connectivity index (χ1n) is 7.34. The third kappa shape index (κ3) is 2.94. The lowest BCUT2D eigenvalue weighted by molar-refractivity contribution is -0.178. The van der Waals surface area contributed by atoms with Gasteiger partial charge in [-0.2, -0.15) is 5.26 Å². The number of halogens is 1. The summed E-state index contributed by atoms with van der Waals surface area (Å²) in [6.07, 6.45) is 3.90. The van der Waals surface area contributed by atoms with E-state index in [1.807, 2.05) is 18.2 Å². The van der Waals surface area contributed by atoms with E-state index in [9.17, 15) is 5.26 Å². The summed E-state index contributed by atoms with van der Waals surface area (Å²) in [5, 5.41) is 9.29. The predicted octanol–water partition coefficient (Wildman–Crippen LogP) is 3.44. The molecule has 5 heteroatoms. The number of nitrogens with zero attached hydrogens (tertiary/aromatic N) is 2. The Balaban J connectivity index is 1.73. The van der Waals surface area contributed by atoms with Gasteiger partial charge in [-0.25, -0.2) is 0 Å². The highest BCUT2D eigenvalue weighted by Gasteiger charge is 2.41. The SMILES string of the molecule is CN(c1cc(Br)ccc1C#N)C1CCC2(CC1)OCCO2. The van der Waals surface area contributed by atoms with Crippen LogP contribution in [-0.2, 0) is 9.47 Å². The number of benzene rings is 1. The smallest absolute Gasteiger partial charge is 0.168 e. The van der Waals surface area contributed by atoms with Crippen molar-refractivity contribution in [1.29, 1.82) is 5.26 Å². The van der Waals surface area contributed by atoms with Crippen molar-refractivity contribution in [2.24, 2.45) is 0 Å². The van der Waals surface area contributed by atoms with Gasteiger partial charge < -0.3 is 14.4 Å². The Labute approximate surface area is 133 Å². The van der Waals surface area contributed by atoms with Gasteiger partial charge in [0.25, 0.3) is 0 Å². The average Bonchev–Trinajstić information content (AvgIpc) is 2.95. The fourth-order valence-electron chi connectivity index (χ4n) is 3.30. The summed E-state index contributed by atoms with van der Waals surface area (Å²) < 4.78 is 12.6. The Bertz CT molecular complexity index is 554. The molecular weight excluding hydrogens is 332 g/mol. The Morgan fingerprint density at radius 1 is 1.29 bits per heavy atom. The van der Waals surface area contributed by atoms with Crippen LogP contribution in [0.25, 0.3) is 0 Å². The maximum absolute atomic E-state index is 9.29. The summed E-state index contributed by atoms with van der Waals surface area (Å²) >= 11 is 3.49. The summed E-state index contributed by atoms with van der Waals surface area (Å²) in [4.78, 5) is 2.23. The van der Waals surface area contributed by atoms with E-state index in [0.717, 1.165) is 35.8 Å². The zero-order valence-corrected chi connectivity index (χ0v) is 13.7. The number of nitriles is 1. The monoisotopic (exact) mass is 350 g/mol. The number of ether oxygens (including phenoxy) is 2. The molecule has 112 valence electrons. The summed E-state index contributed by atoms with van der Waals surface area (Å²) in [5.74, 6) is -0.327. The van der Waals surface area contributed by atoms with Crippen molar-refractivity contribution in [2.45, 2.75) is 37.5 Å². The lowest BCUT2D eigenvalue weighted by Crippen LogP contribution is -2.43. The molecule has 2 fully saturated rings. The van der Waals surface area contributed by atoms with E-state index in [4.69, 9.17) is 9.47 Å². The molecule has 1 saturated carbocycles. The number of hydrogen-bond acceptors (Lipinski definition) is 4. The van der Waals surface area contributed by atoms with E-state index < -0.39 is 0 Å². The minimum absolute atomic E-state index is 0.327. The molecule has 0 N–H and O–H groups in total. The Morgan fingerprint density at radius 3 is 2.57 bits per heavy atom. The molecule has 0 bridgehead atoms. The molecule has 4 nitrogen and oxygen atoms in total. The topological polar surface area (TPSA) is 45.5 Å². The van der Waals surface area contributed by atoms with Crippen LogP contribution < -0.4 is 4.90 Å². The third-order valence-corrected chi connectivity index (χ3v) is 5.03. The molecule has 1 aliphatic carbocycles. The normalized spacial score (nSPS) is 21.4. The van der Waals surface area contributed by atoms with Crippen molar-refractivity contribution in [1.82, 2.24) is 0 Å². The maximum atomic E-state index is 9.29. The van der Waals surface area contributed by atoms with E-state index in [-0.39, 0.29) is 5.79 Å². The third-order valence-electron chi connectivity index (χ3n) is 4.54. The molecule has 0 aromatic heterocycles. The van der Waals surface area contributed by atoms with Gasteiger partial charge in [-0.15, -0.1) is 0 Å². The zero-order chi connectivity index (χ0) is 14.9. The molecule has 1 aromatic rings. The standard InChI is InChI=1S/C16H19BrN2O2/c1-19(15-10-13(17)3-2-12(15)11-18)14-4-6-16(7-5-14)20-8-9-21-16/h2-3,10,14H,4-9H2,1H3. The Hall–Kier alpha value is -1.09. The highest BCUT2D eigenvalue weighted by Crippen LogP contribution is 2.38. The summed E-state index contributed by atoms with van der Waals surface area (Å²) in [7, 11) is 2.07. The van der Waals surface area contributed by atoms with Crippen LogP contribution in [0.4, 0.5) is 5.69 Å². The van der Waals surface area contributed by atoms with Crippen LogP contribution in [0.5, 0.6) is 0 Å². The lowest BCUT2D eigenvalue weighted by Gasteiger charge is -2.40. The fourth-order valence-corrected chi connectivity index (χ4v) is 3.65. The highest BCUT2D eigenvalue weighted by molar-refractivity contribution is 9.10. The second kappa shape index (κ2) is 5.96. The van der Waals surface area contributed by atoms with Crippen molar-refractivity contribution in [3.8, 4) is 6.07 Å². The van der Waals surface area contributed by atoms with Crippen molar-refractivity contribution < 1.29 is 9.47 Å². The van der Waals surface area contributed by atoms with Crippen molar-refractivity contribution in [2.75, 3.05) is 25.2 Å². The molecule has 3 rings (SSSR count). The van der Waals surface area contributed by atoms with E-state index >= 15 is 0 Å². The van der Waals surface area contributed by atoms with Gasteiger partial charge in [0.05, 0.1) is 24.5 Å². The first kappa shape index (κ1) is 14.8. The number of rotatable bonds is 2. The van der Waals surface area contributed by atoms with Crippen molar-refractivity contribution >= 4 is 21.6 Å². The molecule has 1 spiro atoms. The van der Waals surface area contributed by atoms with Gasteiger partial charge in [0.2, 0.25) is 0 Å². The maximum Gasteiger partial charge on any atom is 0.168 e. The Kier molecular flexibility index (Phi) is 4.21. The first-order valence-corrected chi connectivity index (χ1v) is 8.13. The Morgan fingerprint density at radius 2 is 1.95 bits per heavy atom. The van der Waals surface area contributed by atoms with E-state index in [2.05, 4.69) is 33.9 Å². The second-order valence-electron chi connectivity index (χ2n) is 5.72. The van der Waals surface area contributed by atoms with Crippen LogP contribution in [0.15, 0.2) is 22.7 Å². The van der Waals surface area contributed by atoms with Crippen LogP contribution in [0.1, 0.15) is 31.2 Å². The van der Waals surface area contributed by atoms with Gasteiger partial charge in [0, 0.05) is 30.4 Å². The lowest BCUT2D eigenvalue weighted by atomic mass is 9.89. The molecule has 21 heavy (non-hydrogen) atoms. The molecule has 0 atom stereocenters. The summed E-state index contributed by atoms with van der Waals surface area (Å²) in [6.45, 7) is 1.43. The molecular formula is C16H19BrN2O2. The van der Waals surface area contributed by atoms with Gasteiger partial charge in [-0.3, -0.25) is 0 Å². The van der Waals surface area contributed by atoms with Crippen LogP contribution >= 0.6 is 15.9 Å².